The molecule has 1 unspecified atom stereocenters. The summed E-state index contributed by atoms with van der Waals surface area (Å²) in [6, 6.07) is 1.17. The number of hydrogen-bond acceptors (Lipinski definition) is 4. The maximum atomic E-state index is 13.4. The van der Waals surface area contributed by atoms with Gasteiger partial charge in [-0.1, -0.05) is 19.0 Å². The molecule has 0 aliphatic carbocycles. The molecule has 0 saturated heterocycles. The second-order valence-electron chi connectivity index (χ2n) is 4.71. The molecule has 0 fully saturated rings. The van der Waals surface area contributed by atoms with Crippen molar-refractivity contribution < 1.29 is 36.0 Å². The summed E-state index contributed by atoms with van der Waals surface area (Å²) in [4.78, 5) is 11.7. The Morgan fingerprint density at radius 1 is 1.13 bits per heavy atom. The molecule has 1 aromatic heterocycles. The van der Waals surface area contributed by atoms with Crippen LogP contribution < -0.4 is 4.74 Å². The maximum Gasteiger partial charge on any atom is 0.382 e. The van der Waals surface area contributed by atoms with Crippen LogP contribution in [-0.4, -0.2) is 11.1 Å². The van der Waals surface area contributed by atoms with Crippen LogP contribution in [-0.2, 0) is 0 Å². The molecule has 124 valence electrons. The lowest BCUT2D eigenvalue weighted by molar-refractivity contribution is 0.0672. The lowest BCUT2D eigenvalue weighted by Crippen LogP contribution is -2.13. The molecule has 0 radical (unpaired) electrons. The number of aromatic nitrogens is 1. The van der Waals surface area contributed by atoms with Gasteiger partial charge >= 0.3 is 5.97 Å². The largest absolute Gasteiger partial charge is 0.414 e. The quantitative estimate of drug-likeness (QED) is 0.277. The summed E-state index contributed by atoms with van der Waals surface area (Å²) in [6.07, 6.45) is 0.679. The zero-order valence-corrected chi connectivity index (χ0v) is 11.9. The van der Waals surface area contributed by atoms with Crippen LogP contribution >= 0.6 is 0 Å². The van der Waals surface area contributed by atoms with E-state index in [2.05, 4.69) is 14.4 Å². The van der Waals surface area contributed by atoms with Crippen molar-refractivity contribution in [3.8, 4) is 5.75 Å². The third kappa shape index (κ3) is 3.03. The van der Waals surface area contributed by atoms with E-state index in [9.17, 15) is 26.7 Å². The molecule has 0 saturated carbocycles. The van der Waals surface area contributed by atoms with Gasteiger partial charge in [0, 0.05) is 12.0 Å². The summed E-state index contributed by atoms with van der Waals surface area (Å²) in [5.74, 6) is -15.0. The topological polar surface area (TPSA) is 52.3 Å². The van der Waals surface area contributed by atoms with Crippen molar-refractivity contribution in [3.63, 3.8) is 0 Å². The Hall–Kier alpha value is -2.45. The molecule has 1 atom stereocenters. The van der Waals surface area contributed by atoms with Crippen molar-refractivity contribution in [2.45, 2.75) is 26.2 Å². The van der Waals surface area contributed by atoms with Gasteiger partial charge in [0.1, 0.15) is 0 Å². The van der Waals surface area contributed by atoms with Gasteiger partial charge < -0.3 is 9.26 Å². The van der Waals surface area contributed by atoms with Gasteiger partial charge in [-0.25, -0.2) is 18.0 Å². The Morgan fingerprint density at radius 3 is 2.17 bits per heavy atom. The molecule has 0 aliphatic rings. The lowest BCUT2D eigenvalue weighted by Gasteiger charge is -2.07. The number of benzene rings is 1. The number of carbonyl (C=O) groups excluding carboxylic acids is 1. The van der Waals surface area contributed by atoms with Crippen LogP contribution in [0.15, 0.2) is 10.6 Å². The number of carbonyl (C=O) groups is 1. The number of hydrogen-bond donors (Lipinski definition) is 0. The standard InChI is InChI=1S/C14H10F5NO3/c1-3-5(2)6-4-7(23-20-6)14(21)22-13-11(18)9(16)8(15)10(17)12(13)19/h4-5H,3H2,1-2H3. The summed E-state index contributed by atoms with van der Waals surface area (Å²) in [6.45, 7) is 3.64. The SMILES string of the molecule is CCC(C)c1cc(C(=O)Oc2c(F)c(F)c(F)c(F)c2F)on1. The number of halogens is 5. The second kappa shape index (κ2) is 6.35. The van der Waals surface area contributed by atoms with Gasteiger partial charge in [-0.15, -0.1) is 0 Å². The van der Waals surface area contributed by atoms with Crippen LogP contribution in [0.5, 0.6) is 5.75 Å². The second-order valence-corrected chi connectivity index (χ2v) is 4.71. The smallest absolute Gasteiger partial charge is 0.382 e. The van der Waals surface area contributed by atoms with E-state index in [4.69, 9.17) is 0 Å². The normalized spacial score (nSPS) is 12.3. The van der Waals surface area contributed by atoms with Crippen molar-refractivity contribution in [1.29, 1.82) is 0 Å². The molecule has 2 aromatic rings. The first kappa shape index (κ1) is 16.9. The Labute approximate surface area is 126 Å². The molecule has 1 heterocycles. The van der Waals surface area contributed by atoms with Crippen molar-refractivity contribution in [3.05, 3.63) is 46.6 Å². The highest BCUT2D eigenvalue weighted by Crippen LogP contribution is 2.30. The Kier molecular flexibility index (Phi) is 4.67. The number of esters is 1. The summed E-state index contributed by atoms with van der Waals surface area (Å²) in [7, 11) is 0. The van der Waals surface area contributed by atoms with Gasteiger partial charge in [0.2, 0.25) is 40.6 Å². The predicted molar refractivity (Wildman–Crippen MR) is 66.4 cm³/mol. The van der Waals surface area contributed by atoms with Crippen LogP contribution in [0.2, 0.25) is 0 Å². The van der Waals surface area contributed by atoms with E-state index in [1.165, 1.54) is 6.07 Å². The maximum absolute atomic E-state index is 13.4. The first-order valence-electron chi connectivity index (χ1n) is 6.48. The molecule has 0 bridgehead atoms. The summed E-state index contributed by atoms with van der Waals surface area (Å²) in [5, 5.41) is 3.57. The van der Waals surface area contributed by atoms with E-state index < -0.39 is 46.6 Å². The monoisotopic (exact) mass is 335 g/mol. The van der Waals surface area contributed by atoms with E-state index >= 15 is 0 Å². The summed E-state index contributed by atoms with van der Waals surface area (Å²) in [5.41, 5.74) is 0.386. The van der Waals surface area contributed by atoms with Crippen LogP contribution in [0.25, 0.3) is 0 Å². The molecule has 0 amide bonds. The van der Waals surface area contributed by atoms with Crippen molar-refractivity contribution in [2.24, 2.45) is 0 Å². The first-order chi connectivity index (χ1) is 10.8. The minimum absolute atomic E-state index is 0.0607. The van der Waals surface area contributed by atoms with Gasteiger partial charge in [-0.05, 0) is 6.42 Å². The minimum Gasteiger partial charge on any atom is -0.414 e. The molecule has 2 rings (SSSR count). The molecule has 4 nitrogen and oxygen atoms in total. The van der Waals surface area contributed by atoms with Crippen LogP contribution in [0.3, 0.4) is 0 Å². The number of rotatable bonds is 4. The molecular weight excluding hydrogens is 325 g/mol. The van der Waals surface area contributed by atoms with E-state index in [1.807, 2.05) is 6.92 Å². The average molecular weight is 335 g/mol. The predicted octanol–water partition coefficient (Wildman–Crippen LogP) is 4.10. The molecule has 23 heavy (non-hydrogen) atoms. The molecule has 9 heteroatoms. The van der Waals surface area contributed by atoms with E-state index in [0.29, 0.717) is 12.1 Å². The van der Waals surface area contributed by atoms with Crippen LogP contribution in [0, 0.1) is 29.1 Å². The zero-order chi connectivity index (χ0) is 17.3. The Bertz CT molecular complexity index is 730. The molecule has 1 aromatic carbocycles. The number of ether oxygens (including phenoxy) is 1. The molecular formula is C14H10F5NO3. The molecule has 0 aliphatic heterocycles. The highest BCUT2D eigenvalue weighted by molar-refractivity contribution is 5.88. The summed E-state index contributed by atoms with van der Waals surface area (Å²) < 4.78 is 74.7. The van der Waals surface area contributed by atoms with Gasteiger partial charge in [0.25, 0.3) is 0 Å². The third-order valence-electron chi connectivity index (χ3n) is 3.21. The van der Waals surface area contributed by atoms with E-state index in [-0.39, 0.29) is 5.92 Å². The number of nitrogens with zero attached hydrogens (tertiary/aromatic N) is 1. The van der Waals surface area contributed by atoms with E-state index in [0.717, 1.165) is 0 Å². The van der Waals surface area contributed by atoms with Crippen molar-refractivity contribution >= 4 is 5.97 Å². The van der Waals surface area contributed by atoms with Gasteiger partial charge in [-0.2, -0.15) is 8.78 Å². The van der Waals surface area contributed by atoms with Crippen molar-refractivity contribution in [2.75, 3.05) is 0 Å². The highest BCUT2D eigenvalue weighted by atomic mass is 19.2. The van der Waals surface area contributed by atoms with Crippen LogP contribution in [0.4, 0.5) is 22.0 Å². The minimum atomic E-state index is -2.35. The van der Waals surface area contributed by atoms with E-state index in [1.54, 1.807) is 6.92 Å². The van der Waals surface area contributed by atoms with Gasteiger partial charge in [0.05, 0.1) is 5.69 Å². The Morgan fingerprint density at radius 2 is 1.65 bits per heavy atom. The molecule has 0 N–H and O–H groups in total. The summed E-state index contributed by atoms with van der Waals surface area (Å²) >= 11 is 0. The van der Waals surface area contributed by atoms with Crippen molar-refractivity contribution in [1.82, 2.24) is 5.16 Å². The third-order valence-corrected chi connectivity index (χ3v) is 3.21. The fourth-order valence-corrected chi connectivity index (χ4v) is 1.64. The molecule has 0 spiro atoms. The highest BCUT2D eigenvalue weighted by Gasteiger charge is 2.30. The fraction of sp³-hybridized carbons (Fsp3) is 0.286. The van der Waals surface area contributed by atoms with Crippen LogP contribution in [0.1, 0.15) is 42.4 Å². The lowest BCUT2D eigenvalue weighted by atomic mass is 10.1. The zero-order valence-electron chi connectivity index (χ0n) is 11.9. The Balaban J connectivity index is 2.33. The van der Waals surface area contributed by atoms with Gasteiger partial charge in [-0.3, -0.25) is 0 Å². The average Bonchev–Trinajstić information content (AvgIpc) is 3.04. The fourth-order valence-electron chi connectivity index (χ4n) is 1.64. The first-order valence-corrected chi connectivity index (χ1v) is 6.48. The van der Waals surface area contributed by atoms with Gasteiger partial charge in [0.15, 0.2) is 0 Å².